The van der Waals surface area contributed by atoms with Gasteiger partial charge in [0.25, 0.3) is 5.56 Å². The maximum atomic E-state index is 14.5. The molecule has 0 unspecified atom stereocenters. The van der Waals surface area contributed by atoms with Crippen molar-refractivity contribution in [2.75, 3.05) is 12.4 Å². The van der Waals surface area contributed by atoms with Crippen LogP contribution in [0.15, 0.2) is 82.7 Å². The van der Waals surface area contributed by atoms with Gasteiger partial charge in [0, 0.05) is 5.75 Å². The molecule has 1 heterocycles. The molecular weight excluding hydrogens is 387 g/mol. The van der Waals surface area contributed by atoms with Gasteiger partial charge in [0.15, 0.2) is 5.16 Å². The average molecular weight is 406 g/mol. The number of halogens is 1. The molecule has 0 aliphatic carbocycles. The Morgan fingerprint density at radius 3 is 2.55 bits per heavy atom. The first-order chi connectivity index (χ1) is 14.1. The first-order valence-corrected chi connectivity index (χ1v) is 10.2. The van der Waals surface area contributed by atoms with Gasteiger partial charge in [-0.3, -0.25) is 9.36 Å². The van der Waals surface area contributed by atoms with E-state index in [-0.39, 0.29) is 11.2 Å². The third-order valence-corrected chi connectivity index (χ3v) is 5.41. The number of fused-ring (bicyclic) bond motifs is 1. The summed E-state index contributed by atoms with van der Waals surface area (Å²) >= 11 is 1.36. The summed E-state index contributed by atoms with van der Waals surface area (Å²) in [6, 6.07) is 21.1. The van der Waals surface area contributed by atoms with E-state index in [0.29, 0.717) is 28.4 Å². The van der Waals surface area contributed by atoms with Gasteiger partial charge in [-0.2, -0.15) is 0 Å². The number of para-hydroxylation sites is 3. The summed E-state index contributed by atoms with van der Waals surface area (Å²) in [6.07, 6.45) is 0. The molecule has 0 atom stereocenters. The normalized spacial score (nSPS) is 11.0. The Labute approximate surface area is 172 Å². The van der Waals surface area contributed by atoms with Crippen molar-refractivity contribution in [3.8, 4) is 11.4 Å². The van der Waals surface area contributed by atoms with E-state index in [1.807, 2.05) is 37.3 Å². The second-order valence-electron chi connectivity index (χ2n) is 6.47. The molecule has 0 spiro atoms. The lowest BCUT2D eigenvalue weighted by Gasteiger charge is -2.14. The molecule has 0 bridgehead atoms. The third-order valence-electron chi connectivity index (χ3n) is 4.50. The van der Waals surface area contributed by atoms with Crippen molar-refractivity contribution in [2.45, 2.75) is 12.1 Å². The van der Waals surface area contributed by atoms with E-state index in [1.165, 1.54) is 22.4 Å². The van der Waals surface area contributed by atoms with E-state index in [0.717, 1.165) is 11.3 Å². The van der Waals surface area contributed by atoms with E-state index >= 15 is 0 Å². The first kappa shape index (κ1) is 19.2. The van der Waals surface area contributed by atoms with Crippen LogP contribution in [0.3, 0.4) is 0 Å². The molecule has 0 radical (unpaired) electrons. The number of hydrogen-bond acceptors (Lipinski definition) is 4. The lowest BCUT2D eigenvalue weighted by Crippen LogP contribution is -2.23. The van der Waals surface area contributed by atoms with Gasteiger partial charge in [-0.15, -0.1) is 0 Å². The Morgan fingerprint density at radius 1 is 1.00 bits per heavy atom. The fourth-order valence-electron chi connectivity index (χ4n) is 3.06. The molecule has 1 aromatic heterocycles. The van der Waals surface area contributed by atoms with Crippen molar-refractivity contribution in [2.24, 2.45) is 0 Å². The van der Waals surface area contributed by atoms with Crippen LogP contribution in [0.5, 0.6) is 5.75 Å². The maximum Gasteiger partial charge on any atom is 0.266 e. The van der Waals surface area contributed by atoms with E-state index in [2.05, 4.69) is 4.98 Å². The second kappa shape index (κ2) is 8.49. The Hall–Kier alpha value is -3.12. The van der Waals surface area contributed by atoms with Crippen molar-refractivity contribution in [1.82, 2.24) is 9.55 Å². The minimum atomic E-state index is -0.468. The first-order valence-electron chi connectivity index (χ1n) is 9.23. The van der Waals surface area contributed by atoms with Gasteiger partial charge >= 0.3 is 0 Å². The fourth-order valence-corrected chi connectivity index (χ4v) is 3.88. The summed E-state index contributed by atoms with van der Waals surface area (Å²) in [6.45, 7) is 2.43. The zero-order valence-electron chi connectivity index (χ0n) is 15.8. The molecule has 0 fully saturated rings. The summed E-state index contributed by atoms with van der Waals surface area (Å²) < 4.78 is 21.6. The second-order valence-corrected chi connectivity index (χ2v) is 7.53. The summed E-state index contributed by atoms with van der Waals surface area (Å²) in [7, 11) is 0. The number of aryl methyl sites for hydroxylation is 1. The molecule has 0 N–H and O–H groups in total. The van der Waals surface area contributed by atoms with Crippen LogP contribution in [0.1, 0.15) is 5.56 Å². The molecule has 0 aliphatic heterocycles. The molecule has 4 rings (SSSR count). The number of benzene rings is 3. The number of hydrogen-bond donors (Lipinski definition) is 0. The summed E-state index contributed by atoms with van der Waals surface area (Å²) in [5.41, 5.74) is 1.55. The van der Waals surface area contributed by atoms with Gasteiger partial charge in [0.2, 0.25) is 0 Å². The predicted octanol–water partition coefficient (Wildman–Crippen LogP) is 5.00. The Balaban J connectivity index is 1.66. The quantitative estimate of drug-likeness (QED) is 0.257. The molecule has 4 aromatic rings. The topological polar surface area (TPSA) is 44.1 Å². The van der Waals surface area contributed by atoms with Crippen molar-refractivity contribution in [3.63, 3.8) is 0 Å². The summed E-state index contributed by atoms with van der Waals surface area (Å²) in [5, 5.41) is 0.892. The highest BCUT2D eigenvalue weighted by atomic mass is 32.2. The van der Waals surface area contributed by atoms with Crippen LogP contribution in [0.2, 0.25) is 0 Å². The van der Waals surface area contributed by atoms with Crippen LogP contribution in [-0.2, 0) is 0 Å². The van der Waals surface area contributed by atoms with Crippen molar-refractivity contribution < 1.29 is 9.13 Å². The van der Waals surface area contributed by atoms with Crippen molar-refractivity contribution in [1.29, 1.82) is 0 Å². The Bertz CT molecular complexity index is 1220. The standard InChI is InChI=1S/C23H19FN2O2S/c1-16-8-2-7-13-21(16)28-14-15-29-23-25-19-11-5-3-9-17(19)22(27)26(23)20-12-6-4-10-18(20)24/h2-13H,14-15H2,1H3. The van der Waals surface area contributed by atoms with Crippen LogP contribution in [0, 0.1) is 12.7 Å². The van der Waals surface area contributed by atoms with Crippen LogP contribution in [0.25, 0.3) is 16.6 Å². The number of thioether (sulfide) groups is 1. The van der Waals surface area contributed by atoms with E-state index in [9.17, 15) is 9.18 Å². The SMILES string of the molecule is Cc1ccccc1OCCSc1nc2ccccc2c(=O)n1-c1ccccc1F. The van der Waals surface area contributed by atoms with E-state index < -0.39 is 5.82 Å². The van der Waals surface area contributed by atoms with E-state index in [1.54, 1.807) is 36.4 Å². The van der Waals surface area contributed by atoms with Crippen LogP contribution < -0.4 is 10.3 Å². The lowest BCUT2D eigenvalue weighted by molar-refractivity contribution is 0.341. The van der Waals surface area contributed by atoms with Gasteiger partial charge in [-0.1, -0.05) is 54.2 Å². The molecule has 0 saturated heterocycles. The fraction of sp³-hybridized carbons (Fsp3) is 0.130. The molecule has 0 amide bonds. The maximum absolute atomic E-state index is 14.5. The highest BCUT2D eigenvalue weighted by molar-refractivity contribution is 7.99. The smallest absolute Gasteiger partial charge is 0.266 e. The molecule has 29 heavy (non-hydrogen) atoms. The summed E-state index contributed by atoms with van der Waals surface area (Å²) in [5.74, 6) is 0.920. The molecule has 6 heteroatoms. The zero-order chi connectivity index (χ0) is 20.2. The monoisotopic (exact) mass is 406 g/mol. The number of rotatable bonds is 6. The van der Waals surface area contributed by atoms with E-state index in [4.69, 9.17) is 4.74 Å². The van der Waals surface area contributed by atoms with Crippen LogP contribution in [0.4, 0.5) is 4.39 Å². The highest BCUT2D eigenvalue weighted by Gasteiger charge is 2.15. The molecule has 3 aromatic carbocycles. The average Bonchev–Trinajstić information content (AvgIpc) is 2.73. The van der Waals surface area contributed by atoms with Gasteiger partial charge in [0.1, 0.15) is 11.6 Å². The zero-order valence-corrected chi connectivity index (χ0v) is 16.7. The van der Waals surface area contributed by atoms with Crippen molar-refractivity contribution in [3.05, 3.63) is 94.5 Å². The van der Waals surface area contributed by atoms with Crippen LogP contribution >= 0.6 is 11.8 Å². The van der Waals surface area contributed by atoms with Gasteiger partial charge < -0.3 is 4.74 Å². The molecule has 146 valence electrons. The van der Waals surface area contributed by atoms with Gasteiger partial charge in [0.05, 0.1) is 23.2 Å². The summed E-state index contributed by atoms with van der Waals surface area (Å²) in [4.78, 5) is 17.7. The minimum absolute atomic E-state index is 0.193. The largest absolute Gasteiger partial charge is 0.492 e. The number of aromatic nitrogens is 2. The minimum Gasteiger partial charge on any atom is -0.492 e. The van der Waals surface area contributed by atoms with Crippen molar-refractivity contribution >= 4 is 22.7 Å². The highest BCUT2D eigenvalue weighted by Crippen LogP contribution is 2.23. The predicted molar refractivity (Wildman–Crippen MR) is 115 cm³/mol. The molecular formula is C23H19FN2O2S. The number of nitrogens with zero attached hydrogens (tertiary/aromatic N) is 2. The Kier molecular flexibility index (Phi) is 5.62. The Morgan fingerprint density at radius 2 is 1.72 bits per heavy atom. The molecule has 0 saturated carbocycles. The number of ether oxygens (including phenoxy) is 1. The molecule has 4 nitrogen and oxygen atoms in total. The van der Waals surface area contributed by atoms with Gasteiger partial charge in [-0.25, -0.2) is 9.37 Å². The lowest BCUT2D eigenvalue weighted by atomic mass is 10.2. The van der Waals surface area contributed by atoms with Gasteiger partial charge in [-0.05, 0) is 42.8 Å². The van der Waals surface area contributed by atoms with Crippen LogP contribution in [-0.4, -0.2) is 21.9 Å². The third kappa shape index (κ3) is 4.03. The molecule has 0 aliphatic rings.